The van der Waals surface area contributed by atoms with Gasteiger partial charge in [-0.2, -0.15) is 4.31 Å². The molecular formula is C17H26N2O4S. The summed E-state index contributed by atoms with van der Waals surface area (Å²) >= 11 is 0. The molecule has 0 radical (unpaired) electrons. The van der Waals surface area contributed by atoms with Crippen LogP contribution in [0.4, 0.5) is 0 Å². The number of hydrogen-bond donors (Lipinski definition) is 0. The molecule has 7 heteroatoms. The molecule has 0 saturated carbocycles. The molecule has 2 aliphatic heterocycles. The fourth-order valence-electron chi connectivity index (χ4n) is 3.37. The molecule has 134 valence electrons. The second-order valence-corrected chi connectivity index (χ2v) is 8.76. The molecule has 1 saturated heterocycles. The van der Waals surface area contributed by atoms with Gasteiger partial charge in [-0.25, -0.2) is 8.42 Å². The van der Waals surface area contributed by atoms with Crippen molar-refractivity contribution < 1.29 is 17.9 Å². The van der Waals surface area contributed by atoms with Gasteiger partial charge < -0.3 is 9.47 Å². The summed E-state index contributed by atoms with van der Waals surface area (Å²) in [4.78, 5) is 2.61. The maximum absolute atomic E-state index is 12.8. The Morgan fingerprint density at radius 1 is 1.25 bits per heavy atom. The average molecular weight is 354 g/mol. The molecule has 24 heavy (non-hydrogen) atoms. The fourth-order valence-corrected chi connectivity index (χ4v) is 4.59. The topological polar surface area (TPSA) is 59.1 Å². The van der Waals surface area contributed by atoms with Crippen LogP contribution in [0.15, 0.2) is 23.1 Å². The minimum atomic E-state index is -3.47. The zero-order valence-corrected chi connectivity index (χ0v) is 15.4. The van der Waals surface area contributed by atoms with Crippen LogP contribution in [0, 0.1) is 0 Å². The van der Waals surface area contributed by atoms with E-state index < -0.39 is 10.0 Å². The van der Waals surface area contributed by atoms with Gasteiger partial charge in [0.2, 0.25) is 10.0 Å². The van der Waals surface area contributed by atoms with E-state index >= 15 is 0 Å². The lowest BCUT2D eigenvalue weighted by Crippen LogP contribution is -2.48. The zero-order valence-electron chi connectivity index (χ0n) is 14.6. The van der Waals surface area contributed by atoms with E-state index in [4.69, 9.17) is 9.47 Å². The SMILES string of the molecule is C[C@@H]1CN(CCN(C)S(=O)(=O)c2ccc3c(c2)CCO3)C[C@H](C)O1. The lowest BCUT2D eigenvalue weighted by atomic mass is 10.2. The predicted octanol–water partition coefficient (Wildman–Crippen LogP) is 1.35. The van der Waals surface area contributed by atoms with E-state index in [2.05, 4.69) is 18.7 Å². The monoisotopic (exact) mass is 354 g/mol. The summed E-state index contributed by atoms with van der Waals surface area (Å²) in [6, 6.07) is 5.14. The molecule has 6 nitrogen and oxygen atoms in total. The van der Waals surface area contributed by atoms with Crippen molar-refractivity contribution in [1.29, 1.82) is 0 Å². The summed E-state index contributed by atoms with van der Waals surface area (Å²) in [7, 11) is -1.82. The smallest absolute Gasteiger partial charge is 0.242 e. The summed E-state index contributed by atoms with van der Waals surface area (Å²) in [6.07, 6.45) is 1.14. The summed E-state index contributed by atoms with van der Waals surface area (Å²) in [5.41, 5.74) is 0.973. The number of likely N-dealkylation sites (N-methyl/N-ethyl adjacent to an activating group) is 1. The third kappa shape index (κ3) is 3.74. The number of benzene rings is 1. The highest BCUT2D eigenvalue weighted by atomic mass is 32.2. The minimum Gasteiger partial charge on any atom is -0.493 e. The lowest BCUT2D eigenvalue weighted by Gasteiger charge is -2.35. The van der Waals surface area contributed by atoms with Crippen molar-refractivity contribution >= 4 is 10.0 Å². The highest BCUT2D eigenvalue weighted by Crippen LogP contribution is 2.28. The first-order chi connectivity index (χ1) is 11.4. The van der Waals surface area contributed by atoms with Crippen molar-refractivity contribution in [3.05, 3.63) is 23.8 Å². The van der Waals surface area contributed by atoms with E-state index in [-0.39, 0.29) is 12.2 Å². The van der Waals surface area contributed by atoms with Crippen molar-refractivity contribution in [2.45, 2.75) is 37.4 Å². The lowest BCUT2D eigenvalue weighted by molar-refractivity contribution is -0.0681. The maximum atomic E-state index is 12.8. The van der Waals surface area contributed by atoms with Gasteiger partial charge in [0.25, 0.3) is 0 Å². The summed E-state index contributed by atoms with van der Waals surface area (Å²) in [5.74, 6) is 0.799. The number of hydrogen-bond acceptors (Lipinski definition) is 5. The third-order valence-electron chi connectivity index (χ3n) is 4.60. The second kappa shape index (κ2) is 7.00. The Morgan fingerprint density at radius 2 is 1.96 bits per heavy atom. The van der Waals surface area contributed by atoms with Gasteiger partial charge in [-0.3, -0.25) is 4.90 Å². The number of ether oxygens (including phenoxy) is 2. The molecule has 2 heterocycles. The number of sulfonamides is 1. The Bertz CT molecular complexity index is 682. The van der Waals surface area contributed by atoms with Gasteiger partial charge in [-0.05, 0) is 37.6 Å². The molecule has 0 aliphatic carbocycles. The van der Waals surface area contributed by atoms with Crippen LogP contribution in [0.25, 0.3) is 0 Å². The molecule has 0 bridgehead atoms. The fraction of sp³-hybridized carbons (Fsp3) is 0.647. The van der Waals surface area contributed by atoms with Gasteiger partial charge in [0.15, 0.2) is 0 Å². The van der Waals surface area contributed by atoms with Gasteiger partial charge in [0.05, 0.1) is 23.7 Å². The van der Waals surface area contributed by atoms with Crippen LogP contribution in [0.5, 0.6) is 5.75 Å². The van der Waals surface area contributed by atoms with Gasteiger partial charge in [0.1, 0.15) is 5.75 Å². The van der Waals surface area contributed by atoms with Crippen LogP contribution < -0.4 is 4.74 Å². The third-order valence-corrected chi connectivity index (χ3v) is 6.45. The normalized spacial score (nSPS) is 24.8. The van der Waals surface area contributed by atoms with E-state index in [0.717, 1.165) is 30.8 Å². The first-order valence-corrected chi connectivity index (χ1v) is 9.90. The van der Waals surface area contributed by atoms with Gasteiger partial charge in [-0.1, -0.05) is 0 Å². The largest absolute Gasteiger partial charge is 0.493 e. The summed E-state index contributed by atoms with van der Waals surface area (Å²) in [6.45, 7) is 7.59. The number of fused-ring (bicyclic) bond motifs is 1. The van der Waals surface area contributed by atoms with Crippen molar-refractivity contribution in [2.75, 3.05) is 39.8 Å². The minimum absolute atomic E-state index is 0.187. The van der Waals surface area contributed by atoms with Crippen molar-refractivity contribution in [3.63, 3.8) is 0 Å². The second-order valence-electron chi connectivity index (χ2n) is 6.71. The van der Waals surface area contributed by atoms with Crippen LogP contribution in [-0.2, 0) is 21.2 Å². The quantitative estimate of drug-likeness (QED) is 0.799. The highest BCUT2D eigenvalue weighted by Gasteiger charge is 2.26. The Labute approximate surface area is 144 Å². The van der Waals surface area contributed by atoms with Crippen molar-refractivity contribution in [2.24, 2.45) is 0 Å². The molecule has 0 amide bonds. The van der Waals surface area contributed by atoms with Crippen LogP contribution in [0.2, 0.25) is 0 Å². The summed E-state index contributed by atoms with van der Waals surface area (Å²) < 4.78 is 38.2. The van der Waals surface area contributed by atoms with E-state index in [9.17, 15) is 8.42 Å². The Hall–Kier alpha value is -1.15. The standard InChI is InChI=1S/C17H26N2O4S/c1-13-11-19(12-14(2)23-13)8-7-18(3)24(20,21)16-4-5-17-15(10-16)6-9-22-17/h4-5,10,13-14H,6-9,11-12H2,1-3H3/t13-,14+. The Kier molecular flexibility index (Phi) is 5.15. The number of nitrogens with zero attached hydrogens (tertiary/aromatic N) is 2. The van der Waals surface area contributed by atoms with Crippen LogP contribution in [0.3, 0.4) is 0 Å². The molecule has 0 N–H and O–H groups in total. The Morgan fingerprint density at radius 3 is 2.67 bits per heavy atom. The maximum Gasteiger partial charge on any atom is 0.242 e. The molecule has 1 aromatic rings. The van der Waals surface area contributed by atoms with E-state index in [1.54, 1.807) is 25.2 Å². The number of morpholine rings is 1. The van der Waals surface area contributed by atoms with Gasteiger partial charge in [0, 0.05) is 39.6 Å². The predicted molar refractivity (Wildman–Crippen MR) is 91.9 cm³/mol. The molecule has 0 spiro atoms. The molecule has 1 fully saturated rings. The van der Waals surface area contributed by atoms with E-state index in [1.807, 2.05) is 0 Å². The van der Waals surface area contributed by atoms with Gasteiger partial charge in [-0.15, -0.1) is 0 Å². The van der Waals surface area contributed by atoms with E-state index in [1.165, 1.54) is 4.31 Å². The van der Waals surface area contributed by atoms with E-state index in [0.29, 0.717) is 24.6 Å². The number of rotatable bonds is 5. The van der Waals surface area contributed by atoms with Crippen molar-refractivity contribution in [3.8, 4) is 5.75 Å². The molecule has 0 aromatic heterocycles. The molecule has 0 unspecified atom stereocenters. The average Bonchev–Trinajstić information content (AvgIpc) is 2.99. The van der Waals surface area contributed by atoms with Crippen LogP contribution >= 0.6 is 0 Å². The molecule has 2 atom stereocenters. The molecule has 1 aromatic carbocycles. The first-order valence-electron chi connectivity index (χ1n) is 8.46. The molecule has 2 aliphatic rings. The van der Waals surface area contributed by atoms with Crippen LogP contribution in [-0.4, -0.2) is 69.7 Å². The first kappa shape index (κ1) is 17.7. The molecule has 3 rings (SSSR count). The molecular weight excluding hydrogens is 328 g/mol. The zero-order chi connectivity index (χ0) is 17.3. The highest BCUT2D eigenvalue weighted by molar-refractivity contribution is 7.89. The van der Waals surface area contributed by atoms with Gasteiger partial charge >= 0.3 is 0 Å². The summed E-state index contributed by atoms with van der Waals surface area (Å²) in [5, 5.41) is 0. The van der Waals surface area contributed by atoms with Crippen molar-refractivity contribution in [1.82, 2.24) is 9.21 Å². The Balaban J connectivity index is 1.64. The van der Waals surface area contributed by atoms with Crippen LogP contribution in [0.1, 0.15) is 19.4 Å².